The van der Waals surface area contributed by atoms with E-state index in [0.717, 1.165) is 38.5 Å². The van der Waals surface area contributed by atoms with Crippen molar-refractivity contribution < 1.29 is 43.0 Å². The number of phosphoric acid groups is 1. The highest BCUT2D eigenvalue weighted by molar-refractivity contribution is 7.47. The second-order valence-electron chi connectivity index (χ2n) is 16.5. The quantitative estimate of drug-likeness (QED) is 0.0237. The van der Waals surface area contributed by atoms with Crippen molar-refractivity contribution in [2.24, 2.45) is 0 Å². The van der Waals surface area contributed by atoms with Gasteiger partial charge in [0, 0.05) is 13.0 Å². The Kier molecular flexibility index (Phi) is 44.1. The molecule has 3 N–H and O–H groups in total. The fourth-order valence-electron chi connectivity index (χ4n) is 7.00. The maximum atomic E-state index is 12.7. The van der Waals surface area contributed by atoms with E-state index in [1.807, 2.05) is 0 Å². The Bertz CT molecular complexity index is 902. The molecule has 3 unspecified atom stereocenters. The Balaban J connectivity index is 4.08. The minimum absolute atomic E-state index is 0.0531. The summed E-state index contributed by atoms with van der Waals surface area (Å²) < 4.78 is 33.5. The molecule has 0 rings (SSSR count). The summed E-state index contributed by atoms with van der Waals surface area (Å²) in [6, 6.07) is 0. The number of carbonyl (C=O) groups is 1. The zero-order chi connectivity index (χ0) is 41.8. The minimum atomic E-state index is -4.52. The Morgan fingerprint density at radius 3 is 1.32 bits per heavy atom. The summed E-state index contributed by atoms with van der Waals surface area (Å²) in [7, 11) is -4.52. The SMILES string of the molecule is CCCCCCCC/C=C\CCCCCCCCCCOCC(COP(=O)(O)OCC(O)CO)OC(=O)CCCCCCCCCCCCCCCCCCCC. The van der Waals surface area contributed by atoms with Crippen molar-refractivity contribution >= 4 is 13.8 Å². The molecular weight excluding hydrogens is 739 g/mol. The number of unbranched alkanes of at least 4 members (excludes halogenated alkanes) is 31. The van der Waals surface area contributed by atoms with Gasteiger partial charge in [0.2, 0.25) is 0 Å². The number of hydrogen-bond donors (Lipinski definition) is 3. The predicted octanol–water partition coefficient (Wildman–Crippen LogP) is 13.7. The summed E-state index contributed by atoms with van der Waals surface area (Å²) in [4.78, 5) is 22.6. The number of aliphatic hydroxyl groups excluding tert-OH is 2. The highest BCUT2D eigenvalue weighted by atomic mass is 31.2. The molecule has 0 saturated carbocycles. The van der Waals surface area contributed by atoms with Gasteiger partial charge in [0.05, 0.1) is 26.4 Å². The summed E-state index contributed by atoms with van der Waals surface area (Å²) >= 11 is 0. The lowest BCUT2D eigenvalue weighted by atomic mass is 10.0. The lowest BCUT2D eigenvalue weighted by Gasteiger charge is -2.20. The van der Waals surface area contributed by atoms with Crippen LogP contribution in [0.2, 0.25) is 0 Å². The second kappa shape index (κ2) is 44.7. The third-order valence-corrected chi connectivity index (χ3v) is 11.7. The summed E-state index contributed by atoms with van der Waals surface area (Å²) in [5.74, 6) is -0.378. The van der Waals surface area contributed by atoms with Crippen molar-refractivity contribution in [3.05, 3.63) is 12.2 Å². The molecule has 0 aromatic carbocycles. The maximum Gasteiger partial charge on any atom is 0.472 e. The molecular formula is C47H93O9P. The molecule has 0 heterocycles. The van der Waals surface area contributed by atoms with Crippen LogP contribution < -0.4 is 0 Å². The number of allylic oxidation sites excluding steroid dienone is 2. The van der Waals surface area contributed by atoms with Gasteiger partial charge < -0.3 is 24.6 Å². The molecule has 0 aromatic rings. The van der Waals surface area contributed by atoms with Crippen molar-refractivity contribution in [3.8, 4) is 0 Å². The van der Waals surface area contributed by atoms with Crippen LogP contribution >= 0.6 is 7.82 Å². The van der Waals surface area contributed by atoms with Gasteiger partial charge in [-0.15, -0.1) is 0 Å². The maximum absolute atomic E-state index is 12.7. The van der Waals surface area contributed by atoms with E-state index in [0.29, 0.717) is 6.61 Å². The molecule has 0 aromatic heterocycles. The second-order valence-corrected chi connectivity index (χ2v) is 17.9. The van der Waals surface area contributed by atoms with Crippen LogP contribution in [0.5, 0.6) is 0 Å². The van der Waals surface area contributed by atoms with Crippen molar-refractivity contribution in [1.29, 1.82) is 0 Å². The standard InChI is InChI=1S/C47H93O9P/c1-3-5-7-9-11-13-15-17-19-21-23-25-27-29-31-33-35-37-39-47(50)56-46(44-55-57(51,52)54-42-45(49)41-48)43-53-40-38-36-34-32-30-28-26-24-22-20-18-16-14-12-10-8-6-4-2/h18,20,45-46,48-49H,3-17,19,21-44H2,1-2H3,(H,51,52)/b20-18-. The van der Waals surface area contributed by atoms with E-state index < -0.39 is 33.2 Å². The van der Waals surface area contributed by atoms with E-state index in [1.165, 1.54) is 180 Å². The number of phosphoric ester groups is 1. The average molecular weight is 833 g/mol. The van der Waals surface area contributed by atoms with Gasteiger partial charge in [0.15, 0.2) is 0 Å². The molecule has 0 aliphatic rings. The van der Waals surface area contributed by atoms with Gasteiger partial charge in [0.25, 0.3) is 0 Å². The summed E-state index contributed by atoms with van der Waals surface area (Å²) in [5.41, 5.74) is 0. The van der Waals surface area contributed by atoms with E-state index in [-0.39, 0.29) is 25.6 Å². The Morgan fingerprint density at radius 2 is 0.895 bits per heavy atom. The number of ether oxygens (including phenoxy) is 2. The summed E-state index contributed by atoms with van der Waals surface area (Å²) in [6.45, 7) is 3.56. The van der Waals surface area contributed by atoms with Crippen molar-refractivity contribution in [2.45, 2.75) is 251 Å². The van der Waals surface area contributed by atoms with Gasteiger partial charge in [-0.25, -0.2) is 4.57 Å². The predicted molar refractivity (Wildman–Crippen MR) is 238 cm³/mol. The molecule has 9 nitrogen and oxygen atoms in total. The van der Waals surface area contributed by atoms with Crippen molar-refractivity contribution in [2.75, 3.05) is 33.0 Å². The van der Waals surface area contributed by atoms with Gasteiger partial charge in [-0.3, -0.25) is 13.8 Å². The van der Waals surface area contributed by atoms with E-state index in [2.05, 4.69) is 26.0 Å². The summed E-state index contributed by atoms with van der Waals surface area (Å²) in [5, 5.41) is 18.4. The van der Waals surface area contributed by atoms with E-state index in [1.54, 1.807) is 0 Å². The monoisotopic (exact) mass is 833 g/mol. The number of rotatable bonds is 47. The number of esters is 1. The molecule has 0 bridgehead atoms. The largest absolute Gasteiger partial charge is 0.472 e. The van der Waals surface area contributed by atoms with Gasteiger partial charge in [-0.2, -0.15) is 0 Å². The zero-order valence-corrected chi connectivity index (χ0v) is 38.2. The molecule has 10 heteroatoms. The first kappa shape index (κ1) is 56.2. The molecule has 0 saturated heterocycles. The highest BCUT2D eigenvalue weighted by Gasteiger charge is 2.26. The molecule has 0 aliphatic carbocycles. The molecule has 0 radical (unpaired) electrons. The molecule has 0 spiro atoms. The van der Waals surface area contributed by atoms with E-state index in [4.69, 9.17) is 23.6 Å². The van der Waals surface area contributed by atoms with Crippen LogP contribution in [-0.4, -0.2) is 66.3 Å². The third-order valence-electron chi connectivity index (χ3n) is 10.7. The van der Waals surface area contributed by atoms with E-state index in [9.17, 15) is 19.4 Å². The lowest BCUT2D eigenvalue weighted by Crippen LogP contribution is -2.29. The number of hydrogen-bond acceptors (Lipinski definition) is 8. The van der Waals surface area contributed by atoms with E-state index >= 15 is 0 Å². The number of carbonyl (C=O) groups excluding carboxylic acids is 1. The lowest BCUT2D eigenvalue weighted by molar-refractivity contribution is -0.154. The van der Waals surface area contributed by atoms with Gasteiger partial charge in [0.1, 0.15) is 12.2 Å². The normalized spacial score (nSPS) is 14.0. The molecule has 0 aliphatic heterocycles. The highest BCUT2D eigenvalue weighted by Crippen LogP contribution is 2.43. The molecule has 3 atom stereocenters. The fourth-order valence-corrected chi connectivity index (χ4v) is 7.79. The van der Waals surface area contributed by atoms with Gasteiger partial charge in [-0.05, 0) is 38.5 Å². The fraction of sp³-hybridized carbons (Fsp3) is 0.936. The van der Waals surface area contributed by atoms with Crippen LogP contribution in [-0.2, 0) is 27.9 Å². The van der Waals surface area contributed by atoms with Crippen LogP contribution in [0, 0.1) is 0 Å². The van der Waals surface area contributed by atoms with Crippen molar-refractivity contribution in [1.82, 2.24) is 0 Å². The Hall–Kier alpha value is -0.800. The van der Waals surface area contributed by atoms with Crippen LogP contribution in [0.3, 0.4) is 0 Å². The van der Waals surface area contributed by atoms with Crippen LogP contribution in [0.25, 0.3) is 0 Å². The van der Waals surface area contributed by atoms with Gasteiger partial charge in [-0.1, -0.05) is 206 Å². The average Bonchev–Trinajstić information content (AvgIpc) is 3.20. The smallest absolute Gasteiger partial charge is 0.457 e. The zero-order valence-electron chi connectivity index (χ0n) is 37.3. The first-order valence-corrected chi connectivity index (χ1v) is 25.7. The first-order valence-electron chi connectivity index (χ1n) is 24.2. The topological polar surface area (TPSA) is 132 Å². The van der Waals surface area contributed by atoms with Crippen LogP contribution in [0.4, 0.5) is 0 Å². The van der Waals surface area contributed by atoms with Crippen molar-refractivity contribution in [3.63, 3.8) is 0 Å². The molecule has 0 amide bonds. The Morgan fingerprint density at radius 1 is 0.526 bits per heavy atom. The molecule has 340 valence electrons. The molecule has 0 fully saturated rings. The van der Waals surface area contributed by atoms with Gasteiger partial charge >= 0.3 is 13.8 Å². The van der Waals surface area contributed by atoms with Crippen LogP contribution in [0.15, 0.2) is 12.2 Å². The molecule has 57 heavy (non-hydrogen) atoms. The minimum Gasteiger partial charge on any atom is -0.457 e. The summed E-state index contributed by atoms with van der Waals surface area (Å²) in [6.07, 6.45) is 46.0. The number of aliphatic hydroxyl groups is 2. The van der Waals surface area contributed by atoms with Crippen LogP contribution in [0.1, 0.15) is 239 Å². The third kappa shape index (κ3) is 44.6. The first-order chi connectivity index (χ1) is 27.8. The Labute approximate surface area is 351 Å².